The van der Waals surface area contributed by atoms with E-state index in [1.165, 1.54) is 5.69 Å². The second-order valence-corrected chi connectivity index (χ2v) is 12.2. The first kappa shape index (κ1) is 31.6. The molecule has 0 radical (unpaired) electrons. The van der Waals surface area contributed by atoms with E-state index in [9.17, 15) is 15.8 Å². The summed E-state index contributed by atoms with van der Waals surface area (Å²) in [7, 11) is 0. The van der Waals surface area contributed by atoms with Crippen LogP contribution >= 0.6 is 11.3 Å². The minimum atomic E-state index is -0.841. The Labute approximate surface area is 259 Å². The number of hydrogen-bond donors (Lipinski definition) is 0. The second kappa shape index (κ2) is 14.7. The molecule has 8 heteroatoms. The van der Waals surface area contributed by atoms with E-state index in [4.69, 9.17) is 14.2 Å². The molecule has 2 aromatic rings. The van der Waals surface area contributed by atoms with Crippen molar-refractivity contribution in [3.05, 3.63) is 74.2 Å². The predicted molar refractivity (Wildman–Crippen MR) is 172 cm³/mol. The summed E-state index contributed by atoms with van der Waals surface area (Å²) in [4.78, 5) is 4.53. The molecule has 3 heterocycles. The number of epoxide rings is 1. The zero-order valence-electron chi connectivity index (χ0n) is 25.4. The minimum absolute atomic E-state index is 0.0445. The number of benzene rings is 1. The molecule has 1 unspecified atom stereocenters. The molecule has 0 bridgehead atoms. The van der Waals surface area contributed by atoms with E-state index >= 15 is 0 Å². The van der Waals surface area contributed by atoms with Gasteiger partial charge in [-0.1, -0.05) is 32.8 Å². The summed E-state index contributed by atoms with van der Waals surface area (Å²) in [6, 6.07) is 16.3. The van der Waals surface area contributed by atoms with Gasteiger partial charge in [0, 0.05) is 45.7 Å². The van der Waals surface area contributed by atoms with Crippen LogP contribution in [0, 0.1) is 34.0 Å². The molecule has 1 atom stereocenters. The monoisotopic (exact) mass is 594 g/mol. The first-order valence-electron chi connectivity index (χ1n) is 14.8. The maximum atomic E-state index is 9.78. The van der Waals surface area contributed by atoms with Gasteiger partial charge >= 0.3 is 0 Å². The third-order valence-electron chi connectivity index (χ3n) is 7.31. The predicted octanol–water partition coefficient (Wildman–Crippen LogP) is 8.05. The lowest BCUT2D eigenvalue weighted by Gasteiger charge is -2.25. The lowest BCUT2D eigenvalue weighted by Crippen LogP contribution is -2.25. The number of allylic oxidation sites excluding steroid dienone is 2. The number of unbranched alkanes of at least 4 members (excludes halogenated alkanes) is 2. The zero-order chi connectivity index (χ0) is 30.8. The summed E-state index contributed by atoms with van der Waals surface area (Å²) >= 11 is 1.62. The van der Waals surface area contributed by atoms with Gasteiger partial charge in [-0.05, 0) is 69.2 Å². The van der Waals surface area contributed by atoms with Crippen molar-refractivity contribution in [2.45, 2.75) is 65.1 Å². The molecule has 2 aliphatic heterocycles. The molecule has 1 aromatic carbocycles. The lowest BCUT2D eigenvalue weighted by atomic mass is 9.94. The van der Waals surface area contributed by atoms with Crippen molar-refractivity contribution in [3.8, 4) is 24.0 Å². The van der Waals surface area contributed by atoms with Crippen LogP contribution in [0.25, 0.3) is 18.2 Å². The highest BCUT2D eigenvalue weighted by atomic mass is 32.1. The highest BCUT2D eigenvalue weighted by Gasteiger charge is 2.38. The molecule has 0 saturated carbocycles. The zero-order valence-corrected chi connectivity index (χ0v) is 26.2. The molecule has 1 saturated heterocycles. The van der Waals surface area contributed by atoms with E-state index < -0.39 is 5.60 Å². The average molecular weight is 595 g/mol. The molecule has 43 heavy (non-hydrogen) atoms. The summed E-state index contributed by atoms with van der Waals surface area (Å²) in [5.74, 6) is 0.902. The molecule has 1 aromatic heterocycles. The Kier molecular flexibility index (Phi) is 10.8. The standard InChI is InChI=1S/C35H38N4O3S/c1-5-7-17-39(18-8-6-2)27-11-9-25(33(19-27)41-24-28-23-40-28)10-12-29-13-14-30(43-29)15-16-32-31(22-38)34(26(20-36)21-37)42-35(32,3)4/h9-16,19,28H,5-8,17-18,23-24H2,1-4H3/b12-10+,16-15+. The smallest absolute Gasteiger partial charge is 0.172 e. The van der Waals surface area contributed by atoms with Crippen molar-refractivity contribution in [1.82, 2.24) is 0 Å². The molecule has 2 aliphatic rings. The van der Waals surface area contributed by atoms with Crippen molar-refractivity contribution in [2.24, 2.45) is 0 Å². The first-order chi connectivity index (χ1) is 20.8. The number of nitrogens with zero attached hydrogens (tertiary/aromatic N) is 4. The van der Waals surface area contributed by atoms with Crippen LogP contribution in [0.3, 0.4) is 0 Å². The maximum absolute atomic E-state index is 9.78. The van der Waals surface area contributed by atoms with Gasteiger partial charge in [0.25, 0.3) is 0 Å². The fourth-order valence-corrected chi connectivity index (χ4v) is 5.58. The van der Waals surface area contributed by atoms with Crippen LogP contribution in [0.4, 0.5) is 5.69 Å². The SMILES string of the molecule is CCCCN(CCCC)c1ccc(/C=C/c2ccc(/C=C/C3=C(C#N)C(=C(C#N)C#N)OC3(C)C)s2)c(OCC2CO2)c1. The van der Waals surface area contributed by atoms with E-state index in [2.05, 4.69) is 61.2 Å². The van der Waals surface area contributed by atoms with Crippen molar-refractivity contribution in [1.29, 1.82) is 15.8 Å². The minimum Gasteiger partial charge on any atom is -0.490 e. The highest BCUT2D eigenvalue weighted by molar-refractivity contribution is 7.13. The van der Waals surface area contributed by atoms with Gasteiger partial charge in [-0.2, -0.15) is 15.8 Å². The topological polar surface area (TPSA) is 106 Å². The van der Waals surface area contributed by atoms with Gasteiger partial charge in [-0.3, -0.25) is 0 Å². The van der Waals surface area contributed by atoms with Crippen molar-refractivity contribution < 1.29 is 14.2 Å². The molecule has 0 amide bonds. The van der Waals surface area contributed by atoms with E-state index in [1.807, 2.05) is 44.2 Å². The van der Waals surface area contributed by atoms with Crippen LogP contribution in [0.5, 0.6) is 5.75 Å². The van der Waals surface area contributed by atoms with Gasteiger partial charge in [0.2, 0.25) is 0 Å². The van der Waals surface area contributed by atoms with Crippen LogP contribution in [-0.4, -0.2) is 38.0 Å². The van der Waals surface area contributed by atoms with E-state index in [0.29, 0.717) is 12.2 Å². The quantitative estimate of drug-likeness (QED) is 0.161. The maximum Gasteiger partial charge on any atom is 0.172 e. The van der Waals surface area contributed by atoms with Crippen LogP contribution in [-0.2, 0) is 9.47 Å². The third kappa shape index (κ3) is 8.17. The van der Waals surface area contributed by atoms with Gasteiger partial charge < -0.3 is 19.1 Å². The molecule has 0 spiro atoms. The van der Waals surface area contributed by atoms with Crippen LogP contribution < -0.4 is 9.64 Å². The van der Waals surface area contributed by atoms with E-state index in [1.54, 1.807) is 11.3 Å². The summed E-state index contributed by atoms with van der Waals surface area (Å²) in [5.41, 5.74) is 2.01. The normalized spacial score (nSPS) is 17.0. The fourth-order valence-electron chi connectivity index (χ4n) is 4.76. The van der Waals surface area contributed by atoms with E-state index in [-0.39, 0.29) is 23.0 Å². The van der Waals surface area contributed by atoms with Crippen LogP contribution in [0.2, 0.25) is 0 Å². The Balaban J connectivity index is 1.55. The molecule has 0 N–H and O–H groups in total. The number of anilines is 1. The Morgan fingerprint density at radius 3 is 2.23 bits per heavy atom. The van der Waals surface area contributed by atoms with Gasteiger partial charge in [-0.15, -0.1) is 11.3 Å². The average Bonchev–Trinajstić information content (AvgIpc) is 3.66. The number of ether oxygens (including phenoxy) is 3. The Bertz CT molecular complexity index is 1530. The number of hydrogen-bond acceptors (Lipinski definition) is 8. The number of thiophene rings is 1. The highest BCUT2D eigenvalue weighted by Crippen LogP contribution is 2.40. The number of nitriles is 3. The van der Waals surface area contributed by atoms with Crippen molar-refractivity contribution in [2.75, 3.05) is 31.2 Å². The van der Waals surface area contributed by atoms with Gasteiger partial charge in [-0.25, -0.2) is 0 Å². The lowest BCUT2D eigenvalue weighted by molar-refractivity contribution is 0.0954. The van der Waals surface area contributed by atoms with Gasteiger partial charge in [0.15, 0.2) is 11.3 Å². The molecule has 7 nitrogen and oxygen atoms in total. The molecule has 0 aliphatic carbocycles. The van der Waals surface area contributed by atoms with Crippen molar-refractivity contribution >= 4 is 35.3 Å². The first-order valence-corrected chi connectivity index (χ1v) is 15.6. The summed E-state index contributed by atoms with van der Waals surface area (Å²) in [5, 5.41) is 28.4. The van der Waals surface area contributed by atoms with E-state index in [0.717, 1.165) is 66.4 Å². The van der Waals surface area contributed by atoms with Gasteiger partial charge in [0.1, 0.15) is 47.8 Å². The molecular formula is C35H38N4O3S. The molecule has 4 rings (SSSR count). The Morgan fingerprint density at radius 2 is 1.65 bits per heavy atom. The summed E-state index contributed by atoms with van der Waals surface area (Å²) < 4.78 is 17.5. The molecule has 1 fully saturated rings. The molecular weight excluding hydrogens is 556 g/mol. The summed E-state index contributed by atoms with van der Waals surface area (Å²) in [6.07, 6.45) is 12.7. The molecule has 222 valence electrons. The van der Waals surface area contributed by atoms with Crippen LogP contribution in [0.15, 0.2) is 58.9 Å². The second-order valence-electron chi connectivity index (χ2n) is 11.0. The Hall–Kier alpha value is -4.29. The Morgan fingerprint density at radius 1 is 1.00 bits per heavy atom. The summed E-state index contributed by atoms with van der Waals surface area (Å²) in [6.45, 7) is 11.5. The largest absolute Gasteiger partial charge is 0.490 e. The van der Waals surface area contributed by atoms with Gasteiger partial charge in [0.05, 0.1) is 6.61 Å². The van der Waals surface area contributed by atoms with Crippen LogP contribution in [0.1, 0.15) is 68.7 Å². The fraction of sp³-hybridized carbons (Fsp3) is 0.400. The number of rotatable bonds is 14. The van der Waals surface area contributed by atoms with Crippen molar-refractivity contribution in [3.63, 3.8) is 0 Å². The third-order valence-corrected chi connectivity index (χ3v) is 8.32.